The van der Waals surface area contributed by atoms with E-state index in [2.05, 4.69) is 133 Å². The lowest BCUT2D eigenvalue weighted by Crippen LogP contribution is -2.59. The van der Waals surface area contributed by atoms with E-state index in [9.17, 15) is 0 Å². The van der Waals surface area contributed by atoms with Crippen molar-refractivity contribution in [3.05, 3.63) is 151 Å². The van der Waals surface area contributed by atoms with Gasteiger partial charge in [-0.1, -0.05) is 106 Å². The molecule has 0 unspecified atom stereocenters. The summed E-state index contributed by atoms with van der Waals surface area (Å²) in [6.45, 7) is 4.61. The number of rotatable bonds is 10. The van der Waals surface area contributed by atoms with Crippen LogP contribution in [0, 0.1) is 0 Å². The van der Waals surface area contributed by atoms with Crippen molar-refractivity contribution < 1.29 is 4.74 Å². The van der Waals surface area contributed by atoms with Crippen molar-refractivity contribution >= 4 is 98.7 Å². The first kappa shape index (κ1) is 33.3. The van der Waals surface area contributed by atoms with Crippen molar-refractivity contribution in [2.75, 3.05) is 9.80 Å². The molecule has 0 bridgehead atoms. The molecule has 2 aliphatic heterocycles. The monoisotopic (exact) mass is 736 g/mol. The third kappa shape index (κ3) is 5.54. The number of unbranched alkanes of at least 4 members (excludes halogenated alkanes) is 2. The number of aryl methyl sites for hydroxylation is 2. The number of nitrogens with zero attached hydrogens (tertiary/aromatic N) is 2. The average Bonchev–Trinajstić information content (AvgIpc) is 3.79. The van der Waals surface area contributed by atoms with E-state index in [1.807, 2.05) is 53.0 Å². The van der Waals surface area contributed by atoms with Crippen LogP contribution >= 0.6 is 22.7 Å². The predicted octanol–water partition coefficient (Wildman–Crippen LogP) is 12.7. The molecular weight excluding hydrogens is 695 g/mol. The summed E-state index contributed by atoms with van der Waals surface area (Å²) in [5.41, 5.74) is 11.4. The smallest absolute Gasteiger partial charge is 0.277 e. The lowest BCUT2D eigenvalue weighted by molar-refractivity contribution is 0.483. The Hall–Kier alpha value is -5.30. The standard InChI is InChI=1S/C48H41BN2OS2/c1-3-5-14-32-22-26-34(27-23-32)50-40-30-37(52-36-16-8-7-9-17-36)31-41-44(40)49(47-45(50)38-18-10-12-20-42(38)53-47)48-46(39-19-11-13-21-43(39)54-48)51(41)35-28-24-33(25-29-35)15-6-4-2/h7-13,16-31H,3-6,14-15H2,1-2H3. The molecular formula is C48H41BN2OS2. The van der Waals surface area contributed by atoms with Gasteiger partial charge >= 0.3 is 0 Å². The highest BCUT2D eigenvalue weighted by Gasteiger charge is 2.47. The number of anilines is 6. The number of thiophene rings is 2. The van der Waals surface area contributed by atoms with Gasteiger partial charge in [0.25, 0.3) is 6.71 Å². The number of ether oxygens (including phenoxy) is 1. The number of para-hydroxylation sites is 1. The average molecular weight is 737 g/mol. The molecule has 6 heteroatoms. The van der Waals surface area contributed by atoms with Gasteiger partial charge in [-0.15, -0.1) is 22.7 Å². The van der Waals surface area contributed by atoms with Crippen LogP contribution in [0.15, 0.2) is 140 Å². The lowest BCUT2D eigenvalue weighted by Gasteiger charge is -2.42. The Morgan fingerprint density at radius 3 is 1.46 bits per heavy atom. The zero-order valence-electron chi connectivity index (χ0n) is 30.7. The highest BCUT2D eigenvalue weighted by Crippen LogP contribution is 2.51. The van der Waals surface area contributed by atoms with E-state index >= 15 is 0 Å². The van der Waals surface area contributed by atoms with Crippen LogP contribution in [0.1, 0.15) is 50.7 Å². The first-order valence-electron chi connectivity index (χ1n) is 19.4. The minimum atomic E-state index is 0.0840. The van der Waals surface area contributed by atoms with Crippen LogP contribution in [0.5, 0.6) is 11.5 Å². The van der Waals surface area contributed by atoms with E-state index in [0.717, 1.165) is 24.3 Å². The second-order valence-corrected chi connectivity index (χ2v) is 16.7. The Morgan fingerprint density at radius 1 is 0.519 bits per heavy atom. The van der Waals surface area contributed by atoms with Gasteiger partial charge in [0.15, 0.2) is 0 Å². The van der Waals surface area contributed by atoms with Gasteiger partial charge in [-0.3, -0.25) is 0 Å². The van der Waals surface area contributed by atoms with Crippen LogP contribution in [-0.2, 0) is 12.8 Å². The number of hydrogen-bond donors (Lipinski definition) is 0. The van der Waals surface area contributed by atoms with Crippen LogP contribution in [0.4, 0.5) is 34.1 Å². The molecule has 0 aliphatic carbocycles. The van der Waals surface area contributed by atoms with E-state index < -0.39 is 0 Å². The summed E-state index contributed by atoms with van der Waals surface area (Å²) in [7, 11) is 0. The van der Waals surface area contributed by atoms with Crippen molar-refractivity contribution in [2.24, 2.45) is 0 Å². The van der Waals surface area contributed by atoms with Crippen molar-refractivity contribution in [1.82, 2.24) is 0 Å². The molecule has 2 aliphatic rings. The molecule has 0 radical (unpaired) electrons. The third-order valence-corrected chi connectivity index (χ3v) is 13.5. The molecule has 0 atom stereocenters. The van der Waals surface area contributed by atoms with Crippen LogP contribution < -0.4 is 29.6 Å². The van der Waals surface area contributed by atoms with Crippen molar-refractivity contribution in [3.63, 3.8) is 0 Å². The quantitative estimate of drug-likeness (QED) is 0.130. The van der Waals surface area contributed by atoms with E-state index in [4.69, 9.17) is 4.74 Å². The van der Waals surface area contributed by atoms with Gasteiger partial charge in [-0.25, -0.2) is 0 Å². The van der Waals surface area contributed by atoms with E-state index in [0.29, 0.717) is 0 Å². The largest absolute Gasteiger partial charge is 0.457 e. The van der Waals surface area contributed by atoms with Crippen molar-refractivity contribution in [2.45, 2.75) is 52.4 Å². The second kappa shape index (κ2) is 13.8. The van der Waals surface area contributed by atoms with Gasteiger partial charge in [-0.2, -0.15) is 0 Å². The Labute approximate surface area is 326 Å². The predicted molar refractivity (Wildman–Crippen MR) is 235 cm³/mol. The summed E-state index contributed by atoms with van der Waals surface area (Å²) in [4.78, 5) is 5.07. The van der Waals surface area contributed by atoms with Crippen LogP contribution in [0.25, 0.3) is 20.2 Å². The minimum absolute atomic E-state index is 0.0840. The van der Waals surface area contributed by atoms with Gasteiger partial charge in [-0.05, 0) is 90.8 Å². The zero-order chi connectivity index (χ0) is 36.2. The lowest BCUT2D eigenvalue weighted by atomic mass is 9.39. The fraction of sp³-hybridized carbons (Fsp3) is 0.167. The van der Waals surface area contributed by atoms with Gasteiger partial charge in [0.05, 0.1) is 11.4 Å². The summed E-state index contributed by atoms with van der Waals surface area (Å²) in [5.74, 6) is 1.66. The van der Waals surface area contributed by atoms with E-state index in [-0.39, 0.29) is 6.71 Å². The SMILES string of the molecule is CCCCc1ccc(N2c3cc(Oc4ccccc4)cc4c3B(c3sc5ccccc5c32)c2sc3ccccc3c2N4c2ccc(CCCC)cc2)cc1. The van der Waals surface area contributed by atoms with Crippen LogP contribution in [0.2, 0.25) is 0 Å². The molecule has 0 saturated carbocycles. The van der Waals surface area contributed by atoms with Gasteiger partial charge in [0.1, 0.15) is 11.5 Å². The molecule has 4 heterocycles. The second-order valence-electron chi connectivity index (χ2n) is 14.6. The molecule has 54 heavy (non-hydrogen) atoms. The fourth-order valence-electron chi connectivity index (χ4n) is 8.45. The molecule has 0 spiro atoms. The Bertz CT molecular complexity index is 2470. The van der Waals surface area contributed by atoms with Gasteiger partial charge in [0.2, 0.25) is 0 Å². The van der Waals surface area contributed by atoms with Crippen molar-refractivity contribution in [3.8, 4) is 11.5 Å². The molecule has 264 valence electrons. The zero-order valence-corrected chi connectivity index (χ0v) is 32.4. The molecule has 0 N–H and O–H groups in total. The van der Waals surface area contributed by atoms with E-state index in [1.54, 1.807) is 0 Å². The molecule has 8 aromatic rings. The maximum Gasteiger partial charge on any atom is 0.277 e. The number of hydrogen-bond acceptors (Lipinski definition) is 5. The normalized spacial score (nSPS) is 13.0. The van der Waals surface area contributed by atoms with Crippen molar-refractivity contribution in [1.29, 1.82) is 0 Å². The first-order valence-corrected chi connectivity index (χ1v) is 21.0. The molecule has 0 fully saturated rings. The molecule has 10 rings (SSSR count). The Morgan fingerprint density at radius 2 is 0.981 bits per heavy atom. The summed E-state index contributed by atoms with van der Waals surface area (Å²) in [5, 5.41) is 2.59. The van der Waals surface area contributed by atoms with Crippen LogP contribution in [-0.4, -0.2) is 6.71 Å². The number of benzene rings is 6. The highest BCUT2D eigenvalue weighted by atomic mass is 32.1. The van der Waals surface area contributed by atoms with Gasteiger partial charge < -0.3 is 14.5 Å². The molecule has 6 aromatic carbocycles. The third-order valence-electron chi connectivity index (χ3n) is 11.0. The van der Waals surface area contributed by atoms with E-state index in [1.165, 1.54) is 106 Å². The maximum absolute atomic E-state index is 6.81. The Kier molecular flexibility index (Phi) is 8.53. The summed E-state index contributed by atoms with van der Waals surface area (Å²) in [6, 6.07) is 51.4. The topological polar surface area (TPSA) is 15.7 Å². The maximum atomic E-state index is 6.81. The molecule has 2 aromatic heterocycles. The fourth-order valence-corrected chi connectivity index (χ4v) is 11.1. The number of fused-ring (bicyclic) bond motifs is 8. The minimum Gasteiger partial charge on any atom is -0.457 e. The summed E-state index contributed by atoms with van der Waals surface area (Å²) >= 11 is 3.91. The molecule has 3 nitrogen and oxygen atoms in total. The van der Waals surface area contributed by atoms with Gasteiger partial charge in [0, 0.05) is 64.6 Å². The summed E-state index contributed by atoms with van der Waals surface area (Å²) in [6.07, 6.45) is 6.98. The summed E-state index contributed by atoms with van der Waals surface area (Å²) < 4.78 is 12.2. The van der Waals surface area contributed by atoms with Crippen LogP contribution in [0.3, 0.4) is 0 Å². The Balaban J connectivity index is 1.27. The molecule has 0 amide bonds. The highest BCUT2D eigenvalue weighted by molar-refractivity contribution is 7.40. The molecule has 0 saturated heterocycles. The first-order chi connectivity index (χ1) is 26.7.